The number of pyridine rings is 1. The molecular weight excluding hydrogens is 472 g/mol. The van der Waals surface area contributed by atoms with Crippen LogP contribution in [0.2, 0.25) is 0 Å². The van der Waals surface area contributed by atoms with Crippen molar-refractivity contribution in [3.05, 3.63) is 113 Å². The third-order valence-corrected chi connectivity index (χ3v) is 6.53. The topological polar surface area (TPSA) is 95.6 Å². The number of benzene rings is 3. The van der Waals surface area contributed by atoms with E-state index in [2.05, 4.69) is 10.3 Å². The Morgan fingerprint density at radius 2 is 1.73 bits per heavy atom. The Morgan fingerprint density at radius 1 is 0.973 bits per heavy atom. The molecular formula is C29H21F2N5O. The Hall–Kier alpha value is -4.63. The van der Waals surface area contributed by atoms with Crippen LogP contribution >= 0.6 is 0 Å². The minimum atomic E-state index is -0.608. The minimum Gasteiger partial charge on any atom is -0.628 e. The number of hydrogen-bond donors (Lipinski definition) is 1. The highest BCUT2D eigenvalue weighted by molar-refractivity contribution is 5.97. The molecule has 2 atom stereocenters. The normalized spacial score (nSPS) is 18.8. The van der Waals surface area contributed by atoms with E-state index in [0.29, 0.717) is 24.1 Å². The van der Waals surface area contributed by atoms with Gasteiger partial charge in [-0.05, 0) is 65.1 Å². The average Bonchev–Trinajstić information content (AvgIpc) is 2.91. The summed E-state index contributed by atoms with van der Waals surface area (Å²) in [5.41, 5.74) is 2.84. The van der Waals surface area contributed by atoms with Crippen LogP contribution in [-0.4, -0.2) is 22.2 Å². The molecule has 1 aliphatic heterocycles. The van der Waals surface area contributed by atoms with Gasteiger partial charge in [0.1, 0.15) is 30.3 Å². The zero-order valence-electron chi connectivity index (χ0n) is 19.7. The van der Waals surface area contributed by atoms with Gasteiger partial charge < -0.3 is 15.2 Å². The first-order chi connectivity index (χ1) is 17.9. The third-order valence-electron chi connectivity index (χ3n) is 6.53. The third kappa shape index (κ3) is 5.03. The lowest BCUT2D eigenvalue weighted by molar-refractivity contribution is -0.845. The molecule has 2 unspecified atom stereocenters. The molecule has 2 heterocycles. The van der Waals surface area contributed by atoms with E-state index in [0.717, 1.165) is 22.0 Å². The van der Waals surface area contributed by atoms with Crippen molar-refractivity contribution in [1.29, 1.82) is 10.5 Å². The van der Waals surface area contributed by atoms with Gasteiger partial charge >= 0.3 is 0 Å². The summed E-state index contributed by atoms with van der Waals surface area (Å²) < 4.78 is 26.9. The van der Waals surface area contributed by atoms with Crippen LogP contribution in [0, 0.1) is 39.5 Å². The SMILES string of the molecule is N#Cc1cc(C[N+]2([O-])C=CC(Nc3cc(-c4ccc(F)c(C#N)c4)cc4ccncc34)CC2)ccc1F. The molecule has 0 aliphatic carbocycles. The van der Waals surface area contributed by atoms with Crippen LogP contribution in [-0.2, 0) is 6.54 Å². The van der Waals surface area contributed by atoms with Gasteiger partial charge in [-0.1, -0.05) is 12.1 Å². The Bertz CT molecular complexity index is 1620. The Kier molecular flexibility index (Phi) is 6.37. The summed E-state index contributed by atoms with van der Waals surface area (Å²) in [7, 11) is 0. The summed E-state index contributed by atoms with van der Waals surface area (Å²) in [6.45, 7) is 0.402. The molecule has 0 radical (unpaired) electrons. The number of aromatic nitrogens is 1. The maximum Gasteiger partial charge on any atom is 0.140 e. The van der Waals surface area contributed by atoms with Gasteiger partial charge in [0.25, 0.3) is 0 Å². The molecule has 8 heteroatoms. The highest BCUT2D eigenvalue weighted by Gasteiger charge is 2.24. The molecule has 5 rings (SSSR count). The largest absolute Gasteiger partial charge is 0.628 e. The summed E-state index contributed by atoms with van der Waals surface area (Å²) in [4.78, 5) is 4.24. The van der Waals surface area contributed by atoms with Crippen LogP contribution in [0.4, 0.5) is 14.5 Å². The molecule has 0 bridgehead atoms. The zero-order valence-corrected chi connectivity index (χ0v) is 19.7. The quantitative estimate of drug-likeness (QED) is 0.266. The standard InChI is InChI=1S/C29H21F2N5O/c30-27-3-1-19(11-23(27)15-32)18-36(37)9-6-25(7-10-36)35-29-14-22(13-21-5-8-34-17-26(21)29)20-2-4-28(31)24(12-20)16-33/h1-6,8-9,11-14,17,25,35H,7,10,18H2. The lowest BCUT2D eigenvalue weighted by atomic mass is 9.98. The lowest BCUT2D eigenvalue weighted by Crippen LogP contribution is -2.42. The fraction of sp³-hybridized carbons (Fsp3) is 0.138. The maximum atomic E-state index is 13.9. The van der Waals surface area contributed by atoms with E-state index in [1.807, 2.05) is 36.4 Å². The lowest BCUT2D eigenvalue weighted by Gasteiger charge is -2.42. The van der Waals surface area contributed by atoms with Crippen LogP contribution in [0.1, 0.15) is 23.1 Å². The van der Waals surface area contributed by atoms with Crippen LogP contribution in [0.25, 0.3) is 21.9 Å². The van der Waals surface area contributed by atoms with E-state index in [4.69, 9.17) is 5.26 Å². The van der Waals surface area contributed by atoms with Crippen molar-refractivity contribution in [3.63, 3.8) is 0 Å². The van der Waals surface area contributed by atoms with E-state index in [9.17, 15) is 19.2 Å². The van der Waals surface area contributed by atoms with Gasteiger partial charge in [-0.15, -0.1) is 0 Å². The molecule has 4 aromatic rings. The number of hydrogen-bond acceptors (Lipinski definition) is 5. The maximum absolute atomic E-state index is 13.9. The molecule has 1 aliphatic rings. The Balaban J connectivity index is 1.41. The summed E-state index contributed by atoms with van der Waals surface area (Å²) in [5, 5.41) is 36.9. The van der Waals surface area contributed by atoms with Crippen molar-refractivity contribution in [2.75, 3.05) is 11.9 Å². The smallest absolute Gasteiger partial charge is 0.140 e. The van der Waals surface area contributed by atoms with Gasteiger partial charge in [0.2, 0.25) is 0 Å². The first kappa shape index (κ1) is 24.1. The van der Waals surface area contributed by atoms with Crippen LogP contribution in [0.5, 0.6) is 0 Å². The van der Waals surface area contributed by atoms with Crippen LogP contribution < -0.4 is 5.32 Å². The van der Waals surface area contributed by atoms with Crippen LogP contribution in [0.3, 0.4) is 0 Å². The number of quaternary nitrogens is 1. The number of hydroxylamine groups is 3. The summed E-state index contributed by atoms with van der Waals surface area (Å²) >= 11 is 0. The first-order valence-corrected chi connectivity index (χ1v) is 11.7. The number of nitrogens with zero attached hydrogens (tertiary/aromatic N) is 4. The molecule has 182 valence electrons. The fourth-order valence-corrected chi connectivity index (χ4v) is 4.58. The van der Waals surface area contributed by atoms with Crippen LogP contribution in [0.15, 0.2) is 79.3 Å². The zero-order chi connectivity index (χ0) is 26.0. The van der Waals surface area contributed by atoms with Crippen molar-refractivity contribution in [2.24, 2.45) is 0 Å². The van der Waals surface area contributed by atoms with Crippen molar-refractivity contribution in [1.82, 2.24) is 4.98 Å². The van der Waals surface area contributed by atoms with Crippen molar-refractivity contribution < 1.29 is 13.4 Å². The second-order valence-corrected chi connectivity index (χ2v) is 9.07. The second kappa shape index (κ2) is 9.79. The summed E-state index contributed by atoms with van der Waals surface area (Å²) in [5.74, 6) is -1.17. The van der Waals surface area contributed by atoms with Gasteiger partial charge in [-0.3, -0.25) is 4.98 Å². The number of nitriles is 2. The molecule has 0 saturated carbocycles. The van der Waals surface area contributed by atoms with Gasteiger partial charge in [0, 0.05) is 35.5 Å². The molecule has 6 nitrogen and oxygen atoms in total. The summed E-state index contributed by atoms with van der Waals surface area (Å²) in [6, 6.07) is 18.0. The average molecular weight is 494 g/mol. The Labute approximate surface area is 212 Å². The highest BCUT2D eigenvalue weighted by atomic mass is 19.1. The molecule has 0 spiro atoms. The predicted molar refractivity (Wildman–Crippen MR) is 136 cm³/mol. The highest BCUT2D eigenvalue weighted by Crippen LogP contribution is 2.33. The molecule has 0 saturated heterocycles. The molecule has 3 aromatic carbocycles. The van der Waals surface area contributed by atoms with Crippen molar-refractivity contribution in [3.8, 4) is 23.3 Å². The van der Waals surface area contributed by atoms with Gasteiger partial charge in [-0.25, -0.2) is 8.78 Å². The Morgan fingerprint density at radius 3 is 2.46 bits per heavy atom. The van der Waals surface area contributed by atoms with E-state index < -0.39 is 16.3 Å². The molecule has 37 heavy (non-hydrogen) atoms. The van der Waals surface area contributed by atoms with Crippen molar-refractivity contribution >= 4 is 16.5 Å². The van der Waals surface area contributed by atoms with E-state index in [-0.39, 0.29) is 23.7 Å². The van der Waals surface area contributed by atoms with Gasteiger partial charge in [-0.2, -0.15) is 10.5 Å². The van der Waals surface area contributed by atoms with Crippen molar-refractivity contribution in [2.45, 2.75) is 19.0 Å². The number of fused-ring (bicyclic) bond motifs is 1. The van der Waals surface area contributed by atoms with E-state index in [1.54, 1.807) is 24.7 Å². The van der Waals surface area contributed by atoms with E-state index in [1.165, 1.54) is 30.3 Å². The van der Waals surface area contributed by atoms with Gasteiger partial charge in [0.05, 0.1) is 29.9 Å². The predicted octanol–water partition coefficient (Wildman–Crippen LogP) is 6.14. The first-order valence-electron chi connectivity index (χ1n) is 11.7. The number of rotatable bonds is 5. The number of anilines is 1. The molecule has 1 N–H and O–H groups in total. The summed E-state index contributed by atoms with van der Waals surface area (Å²) in [6.07, 6.45) is 7.41. The molecule has 0 amide bonds. The number of nitrogens with one attached hydrogen (secondary N) is 1. The molecule has 1 aromatic heterocycles. The number of halogens is 2. The molecule has 0 fully saturated rings. The van der Waals surface area contributed by atoms with Gasteiger partial charge in [0.15, 0.2) is 0 Å². The second-order valence-electron chi connectivity index (χ2n) is 9.07. The minimum absolute atomic E-state index is 0.0235. The monoisotopic (exact) mass is 493 g/mol. The van der Waals surface area contributed by atoms with E-state index >= 15 is 0 Å². The fourth-order valence-electron chi connectivity index (χ4n) is 4.58.